The van der Waals surface area contributed by atoms with E-state index in [0.717, 1.165) is 10.3 Å². The van der Waals surface area contributed by atoms with Gasteiger partial charge in [-0.1, -0.05) is 65.4 Å². The van der Waals surface area contributed by atoms with E-state index in [1.54, 1.807) is 36.4 Å². The van der Waals surface area contributed by atoms with Crippen LogP contribution in [0.1, 0.15) is 22.7 Å². The van der Waals surface area contributed by atoms with Crippen LogP contribution in [0.3, 0.4) is 0 Å². The molecular weight excluding hydrogens is 454 g/mol. The van der Waals surface area contributed by atoms with Gasteiger partial charge in [-0.2, -0.15) is 0 Å². The van der Waals surface area contributed by atoms with Crippen molar-refractivity contribution in [2.45, 2.75) is 13.0 Å². The number of hydrogen-bond acceptors (Lipinski definition) is 7. The molecular formula is C25H17N3O5S. The molecule has 2 heterocycles. The quantitative estimate of drug-likeness (QED) is 0.145. The monoisotopic (exact) mass is 471 g/mol. The van der Waals surface area contributed by atoms with Crippen molar-refractivity contribution in [2.75, 3.05) is 4.90 Å². The molecule has 9 heteroatoms. The van der Waals surface area contributed by atoms with Gasteiger partial charge in [0.1, 0.15) is 5.76 Å². The number of amides is 1. The molecule has 1 saturated heterocycles. The third kappa shape index (κ3) is 3.52. The van der Waals surface area contributed by atoms with Crippen LogP contribution < -0.4 is 4.90 Å². The lowest BCUT2D eigenvalue weighted by Crippen LogP contribution is -2.29. The average Bonchev–Trinajstić information content (AvgIpc) is 3.37. The number of para-hydroxylation sites is 1. The first-order chi connectivity index (χ1) is 16.3. The second-order valence-electron chi connectivity index (χ2n) is 7.85. The number of aryl methyl sites for hydroxylation is 1. The fourth-order valence-electron chi connectivity index (χ4n) is 3.98. The molecule has 5 rings (SSSR count). The molecule has 0 bridgehead atoms. The summed E-state index contributed by atoms with van der Waals surface area (Å²) >= 11 is 1.22. The first kappa shape index (κ1) is 21.5. The molecule has 1 atom stereocenters. The molecule has 1 aliphatic rings. The van der Waals surface area contributed by atoms with E-state index in [-0.39, 0.29) is 22.2 Å². The lowest BCUT2D eigenvalue weighted by Gasteiger charge is -2.22. The number of benzene rings is 3. The molecule has 3 aromatic carbocycles. The van der Waals surface area contributed by atoms with Crippen molar-refractivity contribution >= 4 is 49.8 Å². The number of aliphatic hydroxyl groups excluding tert-OH is 1. The van der Waals surface area contributed by atoms with Crippen LogP contribution >= 0.6 is 11.3 Å². The Morgan fingerprint density at radius 1 is 1.06 bits per heavy atom. The van der Waals surface area contributed by atoms with Gasteiger partial charge < -0.3 is 5.11 Å². The molecule has 168 valence electrons. The standard InChI is InChI=1S/C25H17N3O5S/c1-14-9-11-15(12-10-14)22(29)20-21(16-5-4-6-17(13-16)28(32)33)27(24(31)23(20)30)25-26-18-7-2-3-8-19(18)34-25/h2-13,21,29H,1H3. The van der Waals surface area contributed by atoms with Gasteiger partial charge in [0.25, 0.3) is 11.5 Å². The third-order valence-electron chi connectivity index (χ3n) is 5.65. The molecule has 34 heavy (non-hydrogen) atoms. The van der Waals surface area contributed by atoms with Gasteiger partial charge in [0, 0.05) is 17.7 Å². The van der Waals surface area contributed by atoms with Gasteiger partial charge in [0.15, 0.2) is 5.13 Å². The number of carbonyl (C=O) groups excluding carboxylic acids is 2. The summed E-state index contributed by atoms with van der Waals surface area (Å²) in [5, 5.41) is 22.8. The van der Waals surface area contributed by atoms with Gasteiger partial charge in [0.05, 0.1) is 26.8 Å². The van der Waals surface area contributed by atoms with Crippen LogP contribution in [0.4, 0.5) is 10.8 Å². The van der Waals surface area contributed by atoms with Crippen molar-refractivity contribution in [3.63, 3.8) is 0 Å². The minimum Gasteiger partial charge on any atom is -0.507 e. The normalized spacial score (nSPS) is 17.4. The van der Waals surface area contributed by atoms with Crippen LogP contribution in [-0.2, 0) is 9.59 Å². The first-order valence-corrected chi connectivity index (χ1v) is 11.1. The average molecular weight is 471 g/mol. The van der Waals surface area contributed by atoms with E-state index in [1.807, 2.05) is 25.1 Å². The predicted molar refractivity (Wildman–Crippen MR) is 129 cm³/mol. The van der Waals surface area contributed by atoms with E-state index in [9.17, 15) is 24.8 Å². The number of Topliss-reactive ketones (excluding diaryl/α,β-unsaturated/α-hetero) is 1. The largest absolute Gasteiger partial charge is 0.507 e. The molecule has 0 saturated carbocycles. The van der Waals surface area contributed by atoms with Crippen LogP contribution in [0.2, 0.25) is 0 Å². The molecule has 0 aliphatic carbocycles. The Morgan fingerprint density at radius 2 is 1.79 bits per heavy atom. The Hall–Kier alpha value is -4.37. The van der Waals surface area contributed by atoms with Crippen LogP contribution in [0.15, 0.2) is 78.4 Å². The highest BCUT2D eigenvalue weighted by molar-refractivity contribution is 7.22. The van der Waals surface area contributed by atoms with E-state index >= 15 is 0 Å². The van der Waals surface area contributed by atoms with Crippen LogP contribution in [0.5, 0.6) is 0 Å². The lowest BCUT2D eigenvalue weighted by molar-refractivity contribution is -0.384. The number of ketones is 1. The summed E-state index contributed by atoms with van der Waals surface area (Å²) in [7, 11) is 0. The zero-order valence-electron chi connectivity index (χ0n) is 17.8. The fourth-order valence-corrected chi connectivity index (χ4v) is 4.98. The maximum Gasteiger partial charge on any atom is 0.301 e. The number of non-ortho nitro benzene ring substituents is 1. The molecule has 8 nitrogen and oxygen atoms in total. The Bertz CT molecular complexity index is 1470. The number of aliphatic hydroxyl groups is 1. The highest BCUT2D eigenvalue weighted by atomic mass is 32.1. The number of aromatic nitrogens is 1. The molecule has 1 amide bonds. The molecule has 1 unspecified atom stereocenters. The number of nitro groups is 1. The molecule has 1 aliphatic heterocycles. The summed E-state index contributed by atoms with van der Waals surface area (Å²) < 4.78 is 0.815. The smallest absolute Gasteiger partial charge is 0.301 e. The van der Waals surface area contributed by atoms with Crippen LogP contribution in [0, 0.1) is 17.0 Å². The second-order valence-corrected chi connectivity index (χ2v) is 8.86. The molecule has 0 radical (unpaired) electrons. The van der Waals surface area contributed by atoms with Gasteiger partial charge in [-0.25, -0.2) is 4.98 Å². The summed E-state index contributed by atoms with van der Waals surface area (Å²) in [5.74, 6) is -2.09. The number of nitrogens with zero attached hydrogens (tertiary/aromatic N) is 3. The van der Waals surface area contributed by atoms with Gasteiger partial charge >= 0.3 is 5.91 Å². The minimum atomic E-state index is -1.08. The Labute approximate surface area is 197 Å². The Kier molecular flexibility index (Phi) is 5.18. The Morgan fingerprint density at radius 3 is 2.50 bits per heavy atom. The van der Waals surface area contributed by atoms with E-state index in [4.69, 9.17) is 0 Å². The van der Waals surface area contributed by atoms with Crippen molar-refractivity contribution < 1.29 is 19.6 Å². The SMILES string of the molecule is Cc1ccc(C(O)=C2C(=O)C(=O)N(c3nc4ccccc4s3)C2c2cccc([N+](=O)[O-])c2)cc1. The first-order valence-electron chi connectivity index (χ1n) is 10.3. The van der Waals surface area contributed by atoms with Crippen LogP contribution in [0.25, 0.3) is 16.0 Å². The third-order valence-corrected chi connectivity index (χ3v) is 6.69. The summed E-state index contributed by atoms with van der Waals surface area (Å²) in [6.45, 7) is 1.89. The number of fused-ring (bicyclic) bond motifs is 1. The second kappa shape index (κ2) is 8.20. The number of rotatable bonds is 4. The van der Waals surface area contributed by atoms with Gasteiger partial charge in [-0.05, 0) is 24.6 Å². The number of nitro benzene ring substituents is 1. The van der Waals surface area contributed by atoms with E-state index < -0.39 is 22.7 Å². The zero-order chi connectivity index (χ0) is 24.0. The van der Waals surface area contributed by atoms with E-state index in [0.29, 0.717) is 16.6 Å². The lowest BCUT2D eigenvalue weighted by atomic mass is 9.95. The fraction of sp³-hybridized carbons (Fsp3) is 0.0800. The molecule has 4 aromatic rings. The van der Waals surface area contributed by atoms with Crippen molar-refractivity contribution in [2.24, 2.45) is 0 Å². The number of hydrogen-bond donors (Lipinski definition) is 1. The highest BCUT2D eigenvalue weighted by Gasteiger charge is 2.48. The summed E-state index contributed by atoms with van der Waals surface area (Å²) in [6, 6.07) is 18.8. The molecule has 1 N–H and O–H groups in total. The number of anilines is 1. The molecule has 0 spiro atoms. The number of thiazole rings is 1. The topological polar surface area (TPSA) is 114 Å². The van der Waals surface area contributed by atoms with E-state index in [2.05, 4.69) is 4.98 Å². The van der Waals surface area contributed by atoms with Crippen molar-refractivity contribution in [1.29, 1.82) is 0 Å². The molecule has 1 fully saturated rings. The maximum atomic E-state index is 13.2. The van der Waals surface area contributed by atoms with Crippen LogP contribution in [-0.4, -0.2) is 26.7 Å². The minimum absolute atomic E-state index is 0.145. The zero-order valence-corrected chi connectivity index (χ0v) is 18.7. The van der Waals surface area contributed by atoms with Crippen molar-refractivity contribution in [3.8, 4) is 0 Å². The Balaban J connectivity index is 1.75. The number of carbonyl (C=O) groups is 2. The van der Waals surface area contributed by atoms with Crippen molar-refractivity contribution in [3.05, 3.63) is 105 Å². The van der Waals surface area contributed by atoms with Gasteiger partial charge in [-0.15, -0.1) is 0 Å². The summed E-state index contributed by atoms with van der Waals surface area (Å²) in [4.78, 5) is 43.1. The predicted octanol–water partition coefficient (Wildman–Crippen LogP) is 5.14. The van der Waals surface area contributed by atoms with Gasteiger partial charge in [0.2, 0.25) is 0 Å². The van der Waals surface area contributed by atoms with E-state index in [1.165, 1.54) is 34.4 Å². The van der Waals surface area contributed by atoms with Crippen molar-refractivity contribution in [1.82, 2.24) is 4.98 Å². The molecule has 1 aromatic heterocycles. The highest BCUT2D eigenvalue weighted by Crippen LogP contribution is 2.44. The maximum absolute atomic E-state index is 13.2. The van der Waals surface area contributed by atoms with Gasteiger partial charge in [-0.3, -0.25) is 24.6 Å². The summed E-state index contributed by atoms with van der Waals surface area (Å²) in [5.41, 5.74) is 1.96. The summed E-state index contributed by atoms with van der Waals surface area (Å²) in [6.07, 6.45) is 0.